The Kier molecular flexibility index (Phi) is 7.17. The van der Waals surface area contributed by atoms with Gasteiger partial charge in [-0.1, -0.05) is 49.7 Å². The molecule has 5 nitrogen and oxygen atoms in total. The molecule has 0 radical (unpaired) electrons. The van der Waals surface area contributed by atoms with Crippen LogP contribution in [0.2, 0.25) is 5.02 Å². The van der Waals surface area contributed by atoms with Crippen LogP contribution in [0, 0.1) is 0 Å². The van der Waals surface area contributed by atoms with E-state index in [0.717, 1.165) is 52.4 Å². The largest absolute Gasteiger partial charge is 0.467 e. The topological polar surface area (TPSA) is 41.5 Å². The first-order valence-electron chi connectivity index (χ1n) is 11.5. The summed E-state index contributed by atoms with van der Waals surface area (Å²) in [7, 11) is 3.80. The Morgan fingerprint density at radius 2 is 1.72 bits per heavy atom. The SMILES string of the molecule is CN1CCCC1.COc1nc2c(c(C(C)C)n1)CCN(c1cccc3cccc(Cl)c13)C2. The van der Waals surface area contributed by atoms with Crippen LogP contribution >= 0.6 is 11.6 Å². The van der Waals surface area contributed by atoms with E-state index in [-0.39, 0.29) is 0 Å². The Hall–Kier alpha value is -2.37. The van der Waals surface area contributed by atoms with Crippen molar-refractivity contribution in [1.82, 2.24) is 14.9 Å². The molecule has 2 aliphatic rings. The first-order chi connectivity index (χ1) is 15.5. The molecule has 170 valence electrons. The van der Waals surface area contributed by atoms with E-state index in [4.69, 9.17) is 16.3 Å². The van der Waals surface area contributed by atoms with Crippen molar-refractivity contribution in [2.75, 3.05) is 38.7 Å². The maximum Gasteiger partial charge on any atom is 0.316 e. The van der Waals surface area contributed by atoms with E-state index in [1.807, 2.05) is 12.1 Å². The van der Waals surface area contributed by atoms with Gasteiger partial charge in [0.15, 0.2) is 0 Å². The monoisotopic (exact) mass is 452 g/mol. The van der Waals surface area contributed by atoms with E-state index in [1.165, 1.54) is 31.5 Å². The minimum Gasteiger partial charge on any atom is -0.467 e. The predicted molar refractivity (Wildman–Crippen MR) is 133 cm³/mol. The molecule has 0 N–H and O–H groups in total. The van der Waals surface area contributed by atoms with Gasteiger partial charge in [0.2, 0.25) is 0 Å². The zero-order valence-corrected chi connectivity index (χ0v) is 20.3. The van der Waals surface area contributed by atoms with E-state index in [9.17, 15) is 0 Å². The molecular formula is C26H33ClN4O. The van der Waals surface area contributed by atoms with E-state index in [2.05, 4.69) is 64.9 Å². The smallest absolute Gasteiger partial charge is 0.316 e. The number of hydrogen-bond acceptors (Lipinski definition) is 5. The molecule has 2 aliphatic heterocycles. The van der Waals surface area contributed by atoms with Gasteiger partial charge >= 0.3 is 6.01 Å². The number of hydrogen-bond donors (Lipinski definition) is 0. The molecular weight excluding hydrogens is 420 g/mol. The molecule has 0 bridgehead atoms. The molecule has 1 fully saturated rings. The summed E-state index contributed by atoms with van der Waals surface area (Å²) in [6.07, 6.45) is 3.75. The average molecular weight is 453 g/mol. The van der Waals surface area contributed by atoms with Gasteiger partial charge in [0.05, 0.1) is 30.1 Å². The maximum absolute atomic E-state index is 6.52. The molecule has 1 saturated heterocycles. The highest BCUT2D eigenvalue weighted by Gasteiger charge is 2.25. The second-order valence-corrected chi connectivity index (χ2v) is 9.38. The zero-order valence-electron chi connectivity index (χ0n) is 19.6. The number of anilines is 1. The van der Waals surface area contributed by atoms with Gasteiger partial charge in [-0.05, 0) is 68.4 Å². The minimum atomic E-state index is 0.346. The zero-order chi connectivity index (χ0) is 22.7. The summed E-state index contributed by atoms with van der Waals surface area (Å²) in [5.41, 5.74) is 4.57. The van der Waals surface area contributed by atoms with Crippen LogP contribution in [-0.4, -0.2) is 48.7 Å². The van der Waals surface area contributed by atoms with Crippen LogP contribution in [0.25, 0.3) is 10.8 Å². The van der Waals surface area contributed by atoms with Gasteiger partial charge in [0, 0.05) is 17.6 Å². The van der Waals surface area contributed by atoms with E-state index in [1.54, 1.807) is 7.11 Å². The number of halogens is 1. The molecule has 0 aliphatic carbocycles. The maximum atomic E-state index is 6.52. The molecule has 0 spiro atoms. The van der Waals surface area contributed by atoms with Crippen molar-refractivity contribution in [3.63, 3.8) is 0 Å². The fourth-order valence-electron chi connectivity index (χ4n) is 4.63. The molecule has 0 amide bonds. The van der Waals surface area contributed by atoms with Crippen LogP contribution in [-0.2, 0) is 13.0 Å². The molecule has 0 unspecified atom stereocenters. The number of aromatic nitrogens is 2. The van der Waals surface area contributed by atoms with Crippen molar-refractivity contribution < 1.29 is 4.74 Å². The van der Waals surface area contributed by atoms with Crippen LogP contribution in [0.1, 0.15) is 49.6 Å². The number of rotatable bonds is 3. The number of fused-ring (bicyclic) bond motifs is 2. The van der Waals surface area contributed by atoms with Gasteiger partial charge in [-0.25, -0.2) is 0 Å². The first kappa shape index (κ1) is 22.8. The number of ether oxygens (including phenoxy) is 1. The van der Waals surface area contributed by atoms with Crippen molar-refractivity contribution in [2.45, 2.75) is 45.6 Å². The van der Waals surface area contributed by atoms with Crippen LogP contribution in [0.4, 0.5) is 5.69 Å². The van der Waals surface area contributed by atoms with Crippen LogP contribution in [0.15, 0.2) is 36.4 Å². The number of methoxy groups -OCH3 is 1. The van der Waals surface area contributed by atoms with Crippen LogP contribution in [0.3, 0.4) is 0 Å². The van der Waals surface area contributed by atoms with Crippen LogP contribution in [0.5, 0.6) is 6.01 Å². The van der Waals surface area contributed by atoms with Gasteiger partial charge in [-0.15, -0.1) is 0 Å². The second kappa shape index (κ2) is 10.1. The molecule has 1 aromatic heterocycles. The average Bonchev–Trinajstić information content (AvgIpc) is 3.29. The molecule has 2 aromatic carbocycles. The van der Waals surface area contributed by atoms with E-state index in [0.29, 0.717) is 11.9 Å². The lowest BCUT2D eigenvalue weighted by atomic mass is 9.96. The van der Waals surface area contributed by atoms with Gasteiger partial charge in [0.25, 0.3) is 0 Å². The standard InChI is InChI=1S/C21H22ClN3O.C5H11N/c1-13(2)20-15-10-11-25(12-17(15)23-21(24-20)26-3)18-9-5-7-14-6-4-8-16(22)19(14)18;1-6-4-2-3-5-6/h4-9,13H,10-12H2,1-3H3;2-5H2,1H3. The minimum absolute atomic E-state index is 0.346. The fraction of sp³-hybridized carbons (Fsp3) is 0.462. The Balaban J connectivity index is 0.000000354. The highest BCUT2D eigenvalue weighted by atomic mass is 35.5. The third-order valence-corrected chi connectivity index (χ3v) is 6.62. The van der Waals surface area contributed by atoms with Crippen molar-refractivity contribution in [3.8, 4) is 6.01 Å². The van der Waals surface area contributed by atoms with Gasteiger partial charge in [-0.2, -0.15) is 9.97 Å². The summed E-state index contributed by atoms with van der Waals surface area (Å²) < 4.78 is 5.34. The highest BCUT2D eigenvalue weighted by Crippen LogP contribution is 2.36. The van der Waals surface area contributed by atoms with E-state index < -0.39 is 0 Å². The van der Waals surface area contributed by atoms with Gasteiger partial charge < -0.3 is 14.5 Å². The molecule has 6 heteroatoms. The van der Waals surface area contributed by atoms with Gasteiger partial charge in [-0.3, -0.25) is 0 Å². The molecule has 5 rings (SSSR count). The summed E-state index contributed by atoms with van der Waals surface area (Å²) >= 11 is 6.52. The lowest BCUT2D eigenvalue weighted by molar-refractivity contribution is 0.373. The first-order valence-corrected chi connectivity index (χ1v) is 11.9. The number of benzene rings is 2. The van der Waals surface area contributed by atoms with E-state index >= 15 is 0 Å². The molecule has 3 heterocycles. The Labute approximate surface area is 196 Å². The second-order valence-electron chi connectivity index (χ2n) is 8.97. The number of likely N-dealkylation sites (tertiary alicyclic amines) is 1. The fourth-order valence-corrected chi connectivity index (χ4v) is 4.90. The van der Waals surface area contributed by atoms with Crippen molar-refractivity contribution in [1.29, 1.82) is 0 Å². The predicted octanol–water partition coefficient (Wildman–Crippen LogP) is 5.69. The quantitative estimate of drug-likeness (QED) is 0.510. The molecule has 3 aromatic rings. The Morgan fingerprint density at radius 3 is 2.34 bits per heavy atom. The van der Waals surface area contributed by atoms with Gasteiger partial charge in [0.1, 0.15) is 0 Å². The lowest BCUT2D eigenvalue weighted by Crippen LogP contribution is -2.32. The molecule has 0 saturated carbocycles. The molecule has 0 atom stereocenters. The third-order valence-electron chi connectivity index (χ3n) is 6.31. The summed E-state index contributed by atoms with van der Waals surface area (Å²) in [6, 6.07) is 12.8. The normalized spacial score (nSPS) is 16.1. The Morgan fingerprint density at radius 1 is 1.00 bits per heavy atom. The molecule has 32 heavy (non-hydrogen) atoms. The van der Waals surface area contributed by atoms with Crippen molar-refractivity contribution in [3.05, 3.63) is 58.4 Å². The van der Waals surface area contributed by atoms with Crippen LogP contribution < -0.4 is 9.64 Å². The number of nitrogens with zero attached hydrogens (tertiary/aromatic N) is 4. The summed E-state index contributed by atoms with van der Waals surface area (Å²) in [6.45, 7) is 8.63. The highest BCUT2D eigenvalue weighted by molar-refractivity contribution is 6.36. The van der Waals surface area contributed by atoms with Crippen molar-refractivity contribution >= 4 is 28.1 Å². The van der Waals surface area contributed by atoms with Crippen molar-refractivity contribution in [2.24, 2.45) is 0 Å². The Bertz CT molecular complexity index is 1070. The summed E-state index contributed by atoms with van der Waals surface area (Å²) in [4.78, 5) is 14.0. The summed E-state index contributed by atoms with van der Waals surface area (Å²) in [5.74, 6) is 0.346. The summed E-state index contributed by atoms with van der Waals surface area (Å²) in [5, 5.41) is 3.04. The lowest BCUT2D eigenvalue weighted by Gasteiger charge is -2.32. The third kappa shape index (κ3) is 4.84.